The Morgan fingerprint density at radius 1 is 1.00 bits per heavy atom. The minimum absolute atomic E-state index is 0.0324. The summed E-state index contributed by atoms with van der Waals surface area (Å²) in [7, 11) is 0. The third-order valence-corrected chi connectivity index (χ3v) is 4.69. The van der Waals surface area contributed by atoms with Crippen LogP contribution < -0.4 is 0 Å². The molecule has 1 fully saturated rings. The van der Waals surface area contributed by atoms with E-state index in [1.54, 1.807) is 30.3 Å². The van der Waals surface area contributed by atoms with E-state index in [1.165, 1.54) is 11.3 Å². The van der Waals surface area contributed by atoms with Crippen LogP contribution in [0.1, 0.15) is 10.4 Å². The van der Waals surface area contributed by atoms with Crippen LogP contribution in [0.2, 0.25) is 4.34 Å². The van der Waals surface area contributed by atoms with Crippen molar-refractivity contribution in [3.8, 4) is 0 Å². The summed E-state index contributed by atoms with van der Waals surface area (Å²) in [6, 6.07) is 11.8. The second-order valence-corrected chi connectivity index (χ2v) is 6.85. The first kappa shape index (κ1) is 16.6. The number of benzene rings is 1. The lowest BCUT2D eigenvalue weighted by molar-refractivity contribution is -0.166. The molecule has 0 saturated carbocycles. The van der Waals surface area contributed by atoms with Crippen LogP contribution in [0.15, 0.2) is 42.5 Å². The number of hydrogen-bond donors (Lipinski definition) is 0. The van der Waals surface area contributed by atoms with Gasteiger partial charge in [0.25, 0.3) is 0 Å². The zero-order chi connectivity index (χ0) is 17.1. The van der Waals surface area contributed by atoms with Crippen molar-refractivity contribution in [1.29, 1.82) is 0 Å². The van der Waals surface area contributed by atoms with Crippen LogP contribution in [0.25, 0.3) is 0 Å². The van der Waals surface area contributed by atoms with E-state index >= 15 is 0 Å². The number of imide groups is 2. The monoisotopic (exact) mass is 364 g/mol. The van der Waals surface area contributed by atoms with Crippen LogP contribution >= 0.6 is 22.9 Å². The van der Waals surface area contributed by atoms with E-state index in [9.17, 15) is 14.4 Å². The SMILES string of the molecule is O=C1C(=O)N(OCCc2ccc(Cl)s2)C(=O)N1Cc1ccccc1. The van der Waals surface area contributed by atoms with Crippen LogP contribution in [0, 0.1) is 0 Å². The van der Waals surface area contributed by atoms with E-state index in [0.29, 0.717) is 15.8 Å². The van der Waals surface area contributed by atoms with E-state index < -0.39 is 17.8 Å². The molecule has 3 rings (SSSR count). The average Bonchev–Trinajstić information content (AvgIpc) is 3.08. The van der Waals surface area contributed by atoms with Gasteiger partial charge in [0.15, 0.2) is 0 Å². The number of carbonyl (C=O) groups is 3. The first-order valence-electron chi connectivity index (χ1n) is 7.17. The van der Waals surface area contributed by atoms with Gasteiger partial charge in [-0.3, -0.25) is 14.4 Å². The molecule has 4 amide bonds. The molecule has 24 heavy (non-hydrogen) atoms. The summed E-state index contributed by atoms with van der Waals surface area (Å²) >= 11 is 7.23. The molecular formula is C16H13ClN2O4S. The molecule has 0 aliphatic carbocycles. The third-order valence-electron chi connectivity index (χ3n) is 3.40. The molecule has 1 aromatic carbocycles. The van der Waals surface area contributed by atoms with E-state index in [0.717, 1.165) is 15.3 Å². The van der Waals surface area contributed by atoms with Crippen molar-refractivity contribution in [2.24, 2.45) is 0 Å². The molecule has 0 N–H and O–H groups in total. The number of thiophene rings is 1. The van der Waals surface area contributed by atoms with Gasteiger partial charge < -0.3 is 0 Å². The molecule has 0 bridgehead atoms. The van der Waals surface area contributed by atoms with Gasteiger partial charge in [-0.05, 0) is 17.7 Å². The molecule has 0 atom stereocenters. The Labute approximate surface area is 147 Å². The van der Waals surface area contributed by atoms with Crippen molar-refractivity contribution >= 4 is 40.8 Å². The normalized spacial score (nSPS) is 14.8. The van der Waals surface area contributed by atoms with Gasteiger partial charge in [-0.15, -0.1) is 16.4 Å². The highest BCUT2D eigenvalue weighted by atomic mass is 35.5. The maximum absolute atomic E-state index is 12.2. The zero-order valence-electron chi connectivity index (χ0n) is 12.5. The number of hydrogen-bond acceptors (Lipinski definition) is 5. The van der Waals surface area contributed by atoms with Crippen LogP contribution in [-0.4, -0.2) is 34.4 Å². The Kier molecular flexibility index (Phi) is 4.94. The maximum Gasteiger partial charge on any atom is 0.359 e. The highest BCUT2D eigenvalue weighted by Gasteiger charge is 2.45. The van der Waals surface area contributed by atoms with Crippen LogP contribution in [-0.2, 0) is 27.4 Å². The number of hydroxylamine groups is 2. The molecule has 2 aromatic rings. The molecule has 1 aromatic heterocycles. The fourth-order valence-electron chi connectivity index (χ4n) is 2.23. The Morgan fingerprint density at radius 3 is 2.42 bits per heavy atom. The summed E-state index contributed by atoms with van der Waals surface area (Å²) in [5, 5.41) is 0.528. The Hall–Kier alpha value is -2.22. The predicted octanol–water partition coefficient (Wildman–Crippen LogP) is 2.87. The topological polar surface area (TPSA) is 66.9 Å². The Morgan fingerprint density at radius 2 is 1.75 bits per heavy atom. The van der Waals surface area contributed by atoms with Crippen LogP contribution in [0.4, 0.5) is 4.79 Å². The molecule has 124 valence electrons. The van der Waals surface area contributed by atoms with Gasteiger partial charge in [-0.1, -0.05) is 41.9 Å². The van der Waals surface area contributed by atoms with Gasteiger partial charge in [-0.2, -0.15) is 0 Å². The lowest BCUT2D eigenvalue weighted by Crippen LogP contribution is -2.33. The summed E-state index contributed by atoms with van der Waals surface area (Å²) in [4.78, 5) is 43.2. The Bertz CT molecular complexity index is 777. The van der Waals surface area contributed by atoms with Crippen LogP contribution in [0.3, 0.4) is 0 Å². The first-order chi connectivity index (χ1) is 11.6. The van der Waals surface area contributed by atoms with E-state index in [1.807, 2.05) is 12.1 Å². The van der Waals surface area contributed by atoms with E-state index in [4.69, 9.17) is 16.4 Å². The first-order valence-corrected chi connectivity index (χ1v) is 8.36. The lowest BCUT2D eigenvalue weighted by atomic mass is 10.2. The maximum atomic E-state index is 12.2. The highest BCUT2D eigenvalue weighted by Crippen LogP contribution is 2.22. The van der Waals surface area contributed by atoms with Crippen molar-refractivity contribution in [3.63, 3.8) is 0 Å². The van der Waals surface area contributed by atoms with E-state index in [2.05, 4.69) is 0 Å². The zero-order valence-corrected chi connectivity index (χ0v) is 14.0. The molecule has 1 saturated heterocycles. The number of urea groups is 1. The minimum Gasteiger partial charge on any atom is -0.263 e. The average molecular weight is 365 g/mol. The molecule has 2 heterocycles. The largest absolute Gasteiger partial charge is 0.359 e. The quantitative estimate of drug-likeness (QED) is 0.584. The van der Waals surface area contributed by atoms with Crippen molar-refractivity contribution in [2.75, 3.05) is 6.61 Å². The van der Waals surface area contributed by atoms with E-state index in [-0.39, 0.29) is 13.2 Å². The fraction of sp³-hybridized carbons (Fsp3) is 0.188. The van der Waals surface area contributed by atoms with Crippen molar-refractivity contribution in [2.45, 2.75) is 13.0 Å². The van der Waals surface area contributed by atoms with Gasteiger partial charge in [0.1, 0.15) is 0 Å². The standard InChI is InChI=1S/C16H13ClN2O4S/c17-13-7-6-12(24-13)8-9-23-19-15(21)14(20)18(16(19)22)10-11-4-2-1-3-5-11/h1-7H,8-10H2. The van der Waals surface area contributed by atoms with Gasteiger partial charge in [0, 0.05) is 11.3 Å². The smallest absolute Gasteiger partial charge is 0.263 e. The molecule has 0 radical (unpaired) electrons. The second kappa shape index (κ2) is 7.12. The molecular weight excluding hydrogens is 352 g/mol. The number of rotatable bonds is 6. The van der Waals surface area contributed by atoms with Gasteiger partial charge in [-0.25, -0.2) is 9.69 Å². The summed E-state index contributed by atoms with van der Waals surface area (Å²) in [5.41, 5.74) is 0.752. The molecule has 6 nitrogen and oxygen atoms in total. The highest BCUT2D eigenvalue weighted by molar-refractivity contribution is 7.16. The van der Waals surface area contributed by atoms with Gasteiger partial charge in [0.2, 0.25) is 0 Å². The summed E-state index contributed by atoms with van der Waals surface area (Å²) in [5.74, 6) is -1.86. The number of carbonyl (C=O) groups excluding carboxylic acids is 3. The van der Waals surface area contributed by atoms with Crippen molar-refractivity contribution in [1.82, 2.24) is 9.96 Å². The predicted molar refractivity (Wildman–Crippen MR) is 88.2 cm³/mol. The fourth-order valence-corrected chi connectivity index (χ4v) is 3.30. The summed E-state index contributed by atoms with van der Waals surface area (Å²) in [6.45, 7) is 0.130. The number of amides is 4. The minimum atomic E-state index is -0.972. The molecule has 0 unspecified atom stereocenters. The van der Waals surface area contributed by atoms with Crippen molar-refractivity contribution < 1.29 is 19.2 Å². The summed E-state index contributed by atoms with van der Waals surface area (Å²) in [6.07, 6.45) is 0.487. The Balaban J connectivity index is 1.61. The lowest BCUT2D eigenvalue weighted by Gasteiger charge is -2.14. The second-order valence-electron chi connectivity index (χ2n) is 5.05. The number of halogens is 1. The molecule has 1 aliphatic rings. The molecule has 0 spiro atoms. The van der Waals surface area contributed by atoms with Crippen LogP contribution in [0.5, 0.6) is 0 Å². The molecule has 8 heteroatoms. The van der Waals surface area contributed by atoms with Gasteiger partial charge in [0.05, 0.1) is 17.5 Å². The summed E-state index contributed by atoms with van der Waals surface area (Å²) < 4.78 is 0.655. The third kappa shape index (κ3) is 3.48. The number of nitrogens with zero attached hydrogens (tertiary/aromatic N) is 2. The molecule has 1 aliphatic heterocycles. The van der Waals surface area contributed by atoms with Crippen molar-refractivity contribution in [3.05, 3.63) is 57.2 Å². The van der Waals surface area contributed by atoms with Gasteiger partial charge >= 0.3 is 17.8 Å².